The number of nitrogens with zero attached hydrogens (tertiary/aromatic N) is 1. The summed E-state index contributed by atoms with van der Waals surface area (Å²) in [5, 5.41) is 2.36. The highest BCUT2D eigenvalue weighted by Crippen LogP contribution is 2.41. The van der Waals surface area contributed by atoms with Crippen molar-refractivity contribution in [3.63, 3.8) is 0 Å². The quantitative estimate of drug-likeness (QED) is 0.771. The minimum atomic E-state index is 0.125. The number of anilines is 1. The smallest absolute Gasteiger partial charge is 0.227 e. The highest BCUT2D eigenvalue weighted by Gasteiger charge is 2.29. The van der Waals surface area contributed by atoms with Crippen LogP contribution in [0, 0.1) is 5.92 Å². The predicted octanol–water partition coefficient (Wildman–Crippen LogP) is 3.97. The second kappa shape index (κ2) is 5.64. The Morgan fingerprint density at radius 1 is 1.59 bits per heavy atom. The van der Waals surface area contributed by atoms with Crippen LogP contribution in [0.1, 0.15) is 12.8 Å². The summed E-state index contributed by atoms with van der Waals surface area (Å²) in [6.07, 6.45) is 2.57. The van der Waals surface area contributed by atoms with Crippen LogP contribution in [0.25, 0.3) is 0 Å². The van der Waals surface area contributed by atoms with E-state index in [-0.39, 0.29) is 5.91 Å². The van der Waals surface area contributed by atoms with E-state index in [4.69, 9.17) is 23.2 Å². The summed E-state index contributed by atoms with van der Waals surface area (Å²) in [5.74, 6) is 0.643. The fraction of sp³-hybridized carbons (Fsp3) is 0.545. The zero-order valence-corrected chi connectivity index (χ0v) is 11.9. The third kappa shape index (κ3) is 2.80. The Morgan fingerprint density at radius 3 is 2.94 bits per heavy atom. The summed E-state index contributed by atoms with van der Waals surface area (Å²) in [5.41, 5.74) is 0.698. The van der Waals surface area contributed by atoms with E-state index in [0.29, 0.717) is 27.4 Å². The lowest BCUT2D eigenvalue weighted by Crippen LogP contribution is -2.40. The maximum atomic E-state index is 12.0. The normalized spacial score (nSPS) is 20.8. The second-order valence-electron chi connectivity index (χ2n) is 4.26. The highest BCUT2D eigenvalue weighted by atomic mass is 35.5. The van der Waals surface area contributed by atoms with Crippen LogP contribution in [-0.2, 0) is 4.79 Å². The maximum absolute atomic E-state index is 12.0. The fourth-order valence-electron chi connectivity index (χ4n) is 2.20. The molecule has 1 unspecified atom stereocenters. The van der Waals surface area contributed by atoms with Gasteiger partial charge in [-0.2, -0.15) is 0 Å². The van der Waals surface area contributed by atoms with E-state index in [2.05, 4.69) is 7.28 Å². The lowest BCUT2D eigenvalue weighted by Gasteiger charge is -2.32. The number of thiophene rings is 1. The number of hydrogen-bond donors (Lipinski definition) is 0. The molecular weight excluding hydrogens is 276 g/mol. The van der Waals surface area contributed by atoms with Crippen LogP contribution in [0.3, 0.4) is 0 Å². The van der Waals surface area contributed by atoms with Crippen molar-refractivity contribution in [2.75, 3.05) is 11.4 Å². The minimum Gasteiger partial charge on any atom is -0.309 e. The molecule has 2 rings (SSSR count). The maximum Gasteiger partial charge on any atom is 0.227 e. The zero-order chi connectivity index (χ0) is 12.4. The molecule has 1 aromatic heterocycles. The molecule has 0 N–H and O–H groups in total. The van der Waals surface area contributed by atoms with Gasteiger partial charge in [-0.05, 0) is 12.3 Å². The zero-order valence-electron chi connectivity index (χ0n) is 9.58. The van der Waals surface area contributed by atoms with Crippen molar-refractivity contribution < 1.29 is 4.79 Å². The van der Waals surface area contributed by atoms with Gasteiger partial charge >= 0.3 is 0 Å². The average molecular weight is 289 g/mol. The minimum absolute atomic E-state index is 0.125. The van der Waals surface area contributed by atoms with Gasteiger partial charge in [-0.25, -0.2) is 0 Å². The van der Waals surface area contributed by atoms with Gasteiger partial charge in [-0.1, -0.05) is 36.3 Å². The predicted molar refractivity (Wildman–Crippen MR) is 75.8 cm³/mol. The average Bonchev–Trinajstić information content (AvgIpc) is 2.62. The number of rotatable bonds is 3. The van der Waals surface area contributed by atoms with Crippen LogP contribution in [0.15, 0.2) is 5.38 Å². The molecule has 1 aliphatic heterocycles. The molecular formula is C11H13BCl2NOS. The molecule has 1 saturated heterocycles. The molecule has 1 amide bonds. The van der Waals surface area contributed by atoms with Gasteiger partial charge in [0.05, 0.1) is 10.7 Å². The lowest BCUT2D eigenvalue weighted by molar-refractivity contribution is -0.120. The van der Waals surface area contributed by atoms with Crippen molar-refractivity contribution in [1.82, 2.24) is 0 Å². The molecule has 2 heterocycles. The first-order valence-corrected chi connectivity index (χ1v) is 7.27. The summed E-state index contributed by atoms with van der Waals surface area (Å²) in [6.45, 7) is 2.77. The molecule has 0 saturated carbocycles. The van der Waals surface area contributed by atoms with Gasteiger partial charge in [0.2, 0.25) is 5.91 Å². The van der Waals surface area contributed by atoms with Crippen molar-refractivity contribution in [3.05, 3.63) is 14.7 Å². The van der Waals surface area contributed by atoms with E-state index in [1.807, 2.05) is 6.82 Å². The van der Waals surface area contributed by atoms with Crippen LogP contribution in [-0.4, -0.2) is 19.7 Å². The summed E-state index contributed by atoms with van der Waals surface area (Å²) in [7, 11) is 2.15. The molecule has 0 spiro atoms. The van der Waals surface area contributed by atoms with Gasteiger partial charge in [0, 0.05) is 18.3 Å². The number of hydrogen-bond acceptors (Lipinski definition) is 2. The van der Waals surface area contributed by atoms with Crippen LogP contribution >= 0.6 is 34.5 Å². The van der Waals surface area contributed by atoms with Crippen molar-refractivity contribution >= 4 is 53.4 Å². The van der Waals surface area contributed by atoms with E-state index < -0.39 is 0 Å². The highest BCUT2D eigenvalue weighted by molar-refractivity contribution is 7.15. The molecule has 1 aliphatic rings. The summed E-state index contributed by atoms with van der Waals surface area (Å²) < 4.78 is 0.601. The Kier molecular flexibility index (Phi) is 4.39. The van der Waals surface area contributed by atoms with E-state index in [0.717, 1.165) is 19.3 Å². The Balaban J connectivity index is 2.21. The molecule has 91 valence electrons. The summed E-state index contributed by atoms with van der Waals surface area (Å²) in [4.78, 5) is 13.7. The standard InChI is InChI=1S/C11H13BCl2NOS/c1-12-4-7-2-3-9(16)15(5-7)10-8(13)6-17-11(10)14/h6-7H,2-5H2,1H3. The molecule has 1 atom stereocenters. The first-order chi connectivity index (χ1) is 8.13. The molecule has 1 fully saturated rings. The molecule has 0 bridgehead atoms. The van der Waals surface area contributed by atoms with Gasteiger partial charge in [0.25, 0.3) is 0 Å². The molecule has 0 aromatic carbocycles. The number of halogens is 2. The van der Waals surface area contributed by atoms with Crippen molar-refractivity contribution in [1.29, 1.82) is 0 Å². The van der Waals surface area contributed by atoms with E-state index in [9.17, 15) is 4.79 Å². The first-order valence-electron chi connectivity index (χ1n) is 5.64. The SMILES string of the molecule is C[B]CC1CCC(=O)N(c2c(Cl)csc2Cl)C1. The third-order valence-corrected chi connectivity index (χ3v) is 4.64. The Morgan fingerprint density at radius 2 is 2.35 bits per heavy atom. The van der Waals surface area contributed by atoms with Gasteiger partial charge in [0.1, 0.15) is 11.6 Å². The molecule has 17 heavy (non-hydrogen) atoms. The third-order valence-electron chi connectivity index (χ3n) is 3.03. The van der Waals surface area contributed by atoms with Crippen molar-refractivity contribution in [3.8, 4) is 0 Å². The van der Waals surface area contributed by atoms with Crippen molar-refractivity contribution in [2.24, 2.45) is 5.92 Å². The Labute approximate surface area is 116 Å². The second-order valence-corrected chi connectivity index (χ2v) is 6.15. The first kappa shape index (κ1) is 13.3. The van der Waals surface area contributed by atoms with E-state index >= 15 is 0 Å². The number of amides is 1. The van der Waals surface area contributed by atoms with Crippen LogP contribution in [0.5, 0.6) is 0 Å². The topological polar surface area (TPSA) is 20.3 Å². The molecule has 1 radical (unpaired) electrons. The number of piperidine rings is 1. The van der Waals surface area contributed by atoms with Gasteiger partial charge < -0.3 is 4.90 Å². The van der Waals surface area contributed by atoms with Gasteiger partial charge in [0.15, 0.2) is 0 Å². The summed E-state index contributed by atoms with van der Waals surface area (Å²) in [6, 6.07) is 0. The molecule has 2 nitrogen and oxygen atoms in total. The lowest BCUT2D eigenvalue weighted by atomic mass is 9.70. The largest absolute Gasteiger partial charge is 0.309 e. The van der Waals surface area contributed by atoms with Crippen LogP contribution in [0.2, 0.25) is 22.5 Å². The van der Waals surface area contributed by atoms with Gasteiger partial charge in [-0.15, -0.1) is 11.3 Å². The van der Waals surface area contributed by atoms with E-state index in [1.54, 1.807) is 10.3 Å². The Bertz CT molecular complexity index is 404. The van der Waals surface area contributed by atoms with Gasteiger partial charge in [-0.3, -0.25) is 4.79 Å². The fourth-order valence-corrected chi connectivity index (χ4v) is 3.62. The molecule has 1 aromatic rings. The van der Waals surface area contributed by atoms with Crippen LogP contribution in [0.4, 0.5) is 5.69 Å². The van der Waals surface area contributed by atoms with E-state index in [1.165, 1.54) is 11.3 Å². The number of carbonyl (C=O) groups is 1. The van der Waals surface area contributed by atoms with Crippen LogP contribution < -0.4 is 4.90 Å². The number of carbonyl (C=O) groups excluding carboxylic acids is 1. The van der Waals surface area contributed by atoms with Crippen molar-refractivity contribution in [2.45, 2.75) is 26.0 Å². The Hall–Kier alpha value is -0.185. The monoisotopic (exact) mass is 288 g/mol. The molecule has 0 aliphatic carbocycles. The summed E-state index contributed by atoms with van der Waals surface area (Å²) >= 11 is 13.6. The molecule has 6 heteroatoms.